The fourth-order valence-corrected chi connectivity index (χ4v) is 2.49. The molecule has 0 aliphatic rings. The molecule has 0 aliphatic heterocycles. The second-order valence-corrected chi connectivity index (χ2v) is 7.08. The molecule has 6 nitrogen and oxygen atoms in total. The number of sulfone groups is 1. The molecule has 1 aromatic carbocycles. The Bertz CT molecular complexity index is 695. The van der Waals surface area contributed by atoms with Crippen LogP contribution >= 0.6 is 23.2 Å². The summed E-state index contributed by atoms with van der Waals surface area (Å²) in [5, 5.41) is 4.43. The van der Waals surface area contributed by atoms with Gasteiger partial charge >= 0.3 is 0 Å². The molecule has 2 rings (SSSR count). The van der Waals surface area contributed by atoms with Crippen molar-refractivity contribution in [3.8, 4) is 5.75 Å². The lowest BCUT2D eigenvalue weighted by molar-refractivity contribution is 0.242. The highest BCUT2D eigenvalue weighted by atomic mass is 35.5. The van der Waals surface area contributed by atoms with Gasteiger partial charge in [0.15, 0.2) is 22.3 Å². The van der Waals surface area contributed by atoms with E-state index in [-0.39, 0.29) is 24.1 Å². The van der Waals surface area contributed by atoms with Crippen molar-refractivity contribution in [3.05, 3.63) is 40.0 Å². The standard InChI is InChI=1S/C11H10Cl2N2O4S/c1-20(16,17)6-10-14-11(19-15-10)5-18-9-3-7(12)2-8(13)4-9/h2-4H,5-6H2,1H3. The van der Waals surface area contributed by atoms with E-state index in [4.69, 9.17) is 32.5 Å². The largest absolute Gasteiger partial charge is 0.484 e. The van der Waals surface area contributed by atoms with E-state index < -0.39 is 9.84 Å². The van der Waals surface area contributed by atoms with E-state index in [0.717, 1.165) is 6.26 Å². The van der Waals surface area contributed by atoms with Crippen molar-refractivity contribution >= 4 is 33.0 Å². The summed E-state index contributed by atoms with van der Waals surface area (Å²) in [7, 11) is -3.20. The van der Waals surface area contributed by atoms with Gasteiger partial charge in [-0.25, -0.2) is 8.42 Å². The number of rotatable bonds is 5. The summed E-state index contributed by atoms with van der Waals surface area (Å²) in [6.45, 7) is -0.00651. The molecule has 1 aromatic heterocycles. The summed E-state index contributed by atoms with van der Waals surface area (Å²) in [5.41, 5.74) is 0. The van der Waals surface area contributed by atoms with E-state index in [1.165, 1.54) is 0 Å². The van der Waals surface area contributed by atoms with E-state index in [2.05, 4.69) is 10.1 Å². The van der Waals surface area contributed by atoms with Crippen LogP contribution in [0.25, 0.3) is 0 Å². The van der Waals surface area contributed by atoms with Crippen LogP contribution in [0, 0.1) is 0 Å². The maximum Gasteiger partial charge on any atom is 0.264 e. The van der Waals surface area contributed by atoms with Gasteiger partial charge in [-0.1, -0.05) is 28.4 Å². The molecule has 0 bridgehead atoms. The first-order valence-electron chi connectivity index (χ1n) is 5.40. The molecule has 0 aliphatic carbocycles. The summed E-state index contributed by atoms with van der Waals surface area (Å²) in [4.78, 5) is 3.91. The third-order valence-electron chi connectivity index (χ3n) is 2.10. The molecule has 0 saturated carbocycles. The molecule has 20 heavy (non-hydrogen) atoms. The second kappa shape index (κ2) is 5.99. The molecule has 9 heteroatoms. The average molecular weight is 337 g/mol. The maximum atomic E-state index is 11.1. The van der Waals surface area contributed by atoms with Gasteiger partial charge in [0.25, 0.3) is 5.89 Å². The molecule has 0 amide bonds. The van der Waals surface area contributed by atoms with Crippen molar-refractivity contribution in [2.45, 2.75) is 12.4 Å². The molecule has 0 radical (unpaired) electrons. The molecule has 0 fully saturated rings. The lowest BCUT2D eigenvalue weighted by Gasteiger charge is -2.03. The number of ether oxygens (including phenoxy) is 1. The Balaban J connectivity index is 2.01. The molecule has 2 aromatic rings. The average Bonchev–Trinajstić information content (AvgIpc) is 2.70. The fourth-order valence-electron chi connectivity index (χ4n) is 1.40. The van der Waals surface area contributed by atoms with E-state index in [1.807, 2.05) is 0 Å². The fraction of sp³-hybridized carbons (Fsp3) is 0.273. The highest BCUT2D eigenvalue weighted by Crippen LogP contribution is 2.24. The summed E-state index contributed by atoms with van der Waals surface area (Å²) in [6, 6.07) is 4.75. The molecule has 0 spiro atoms. The number of hydrogen-bond acceptors (Lipinski definition) is 6. The van der Waals surface area contributed by atoms with E-state index in [1.54, 1.807) is 18.2 Å². The SMILES string of the molecule is CS(=O)(=O)Cc1noc(COc2cc(Cl)cc(Cl)c2)n1. The highest BCUT2D eigenvalue weighted by molar-refractivity contribution is 7.89. The predicted octanol–water partition coefficient (Wildman–Crippen LogP) is 2.50. The van der Waals surface area contributed by atoms with Crippen molar-refractivity contribution in [2.24, 2.45) is 0 Å². The summed E-state index contributed by atoms with van der Waals surface area (Å²) < 4.78 is 32.4. The first-order valence-corrected chi connectivity index (χ1v) is 8.21. The molecule has 108 valence electrons. The third kappa shape index (κ3) is 4.66. The smallest absolute Gasteiger partial charge is 0.264 e. The molecular formula is C11H10Cl2N2O4S. The number of halogens is 2. The predicted molar refractivity (Wildman–Crippen MR) is 73.6 cm³/mol. The van der Waals surface area contributed by atoms with E-state index in [9.17, 15) is 8.42 Å². The van der Waals surface area contributed by atoms with Crippen LogP contribution in [0.15, 0.2) is 22.7 Å². The number of aromatic nitrogens is 2. The third-order valence-corrected chi connectivity index (χ3v) is 3.32. The van der Waals surface area contributed by atoms with Crippen LogP contribution in [-0.2, 0) is 22.2 Å². The molecular weight excluding hydrogens is 327 g/mol. The lowest BCUT2D eigenvalue weighted by Crippen LogP contribution is -2.02. The number of nitrogens with zero attached hydrogens (tertiary/aromatic N) is 2. The van der Waals surface area contributed by atoms with Crippen molar-refractivity contribution in [3.63, 3.8) is 0 Å². The van der Waals surface area contributed by atoms with Crippen LogP contribution in [0.4, 0.5) is 0 Å². The molecule has 0 N–H and O–H groups in total. The summed E-state index contributed by atoms with van der Waals surface area (Å²) in [5.74, 6) is 0.430. The quantitative estimate of drug-likeness (QED) is 0.834. The van der Waals surface area contributed by atoms with Crippen molar-refractivity contribution in [2.75, 3.05) is 6.26 Å². The lowest BCUT2D eigenvalue weighted by atomic mass is 10.3. The van der Waals surface area contributed by atoms with Gasteiger partial charge in [-0.3, -0.25) is 0 Å². The van der Waals surface area contributed by atoms with Crippen molar-refractivity contribution in [1.82, 2.24) is 10.1 Å². The van der Waals surface area contributed by atoms with Gasteiger partial charge in [0.1, 0.15) is 11.5 Å². The molecule has 1 heterocycles. The Morgan fingerprint density at radius 1 is 1.25 bits per heavy atom. The van der Waals surface area contributed by atoms with Gasteiger partial charge in [-0.2, -0.15) is 4.98 Å². The number of hydrogen-bond donors (Lipinski definition) is 0. The summed E-state index contributed by atoms with van der Waals surface area (Å²) >= 11 is 11.7. The topological polar surface area (TPSA) is 82.3 Å². The van der Waals surface area contributed by atoms with E-state index in [0.29, 0.717) is 15.8 Å². The van der Waals surface area contributed by atoms with Gasteiger partial charge in [0.2, 0.25) is 0 Å². The normalized spacial score (nSPS) is 11.6. The zero-order valence-electron chi connectivity index (χ0n) is 10.3. The number of benzene rings is 1. The Kier molecular flexibility index (Phi) is 4.52. The van der Waals surface area contributed by atoms with Crippen LogP contribution in [-0.4, -0.2) is 24.8 Å². The van der Waals surface area contributed by atoms with Crippen LogP contribution in [0.1, 0.15) is 11.7 Å². The van der Waals surface area contributed by atoms with Gasteiger partial charge in [0.05, 0.1) is 0 Å². The second-order valence-electron chi connectivity index (χ2n) is 4.07. The Labute approximate surface area is 125 Å². The molecule has 0 atom stereocenters. The Morgan fingerprint density at radius 3 is 2.50 bits per heavy atom. The van der Waals surface area contributed by atoms with Crippen LogP contribution in [0.3, 0.4) is 0 Å². The van der Waals surface area contributed by atoms with Crippen LogP contribution < -0.4 is 4.74 Å². The first kappa shape index (κ1) is 15.1. The monoisotopic (exact) mass is 336 g/mol. The first-order chi connectivity index (χ1) is 9.32. The van der Waals surface area contributed by atoms with Gasteiger partial charge in [-0.05, 0) is 18.2 Å². The minimum absolute atomic E-state index is 0.00651. The van der Waals surface area contributed by atoms with Gasteiger partial charge in [-0.15, -0.1) is 0 Å². The van der Waals surface area contributed by atoms with Crippen LogP contribution in [0.5, 0.6) is 5.75 Å². The minimum Gasteiger partial charge on any atom is -0.484 e. The molecule has 0 unspecified atom stereocenters. The van der Waals surface area contributed by atoms with E-state index >= 15 is 0 Å². The highest BCUT2D eigenvalue weighted by Gasteiger charge is 2.12. The van der Waals surface area contributed by atoms with Gasteiger partial charge in [0, 0.05) is 16.3 Å². The van der Waals surface area contributed by atoms with Crippen molar-refractivity contribution < 1.29 is 17.7 Å². The zero-order valence-corrected chi connectivity index (χ0v) is 12.7. The maximum absolute atomic E-state index is 11.1. The minimum atomic E-state index is -3.20. The summed E-state index contributed by atoms with van der Waals surface area (Å²) in [6.07, 6.45) is 1.09. The molecule has 0 saturated heterocycles. The Hall–Kier alpha value is -1.31. The zero-order chi connectivity index (χ0) is 14.8. The Morgan fingerprint density at radius 2 is 1.90 bits per heavy atom. The van der Waals surface area contributed by atoms with Crippen molar-refractivity contribution in [1.29, 1.82) is 0 Å². The van der Waals surface area contributed by atoms with Gasteiger partial charge < -0.3 is 9.26 Å². The van der Waals surface area contributed by atoms with Crippen LogP contribution in [0.2, 0.25) is 10.0 Å².